The Kier molecular flexibility index (Phi) is 9.91. The van der Waals surface area contributed by atoms with Crippen LogP contribution in [-0.4, -0.2) is 48.9 Å². The Labute approximate surface area is 126 Å². The van der Waals surface area contributed by atoms with Crippen LogP contribution >= 0.6 is 0 Å². The van der Waals surface area contributed by atoms with Crippen molar-refractivity contribution in [2.45, 2.75) is 66.7 Å². The third-order valence-corrected chi connectivity index (χ3v) is 3.57. The zero-order chi connectivity index (χ0) is 15.6. The number of carbonyl (C=O) groups excluding carboxylic acids is 1. The molecule has 0 rings (SSSR count). The minimum absolute atomic E-state index is 0.0873. The number of unbranched alkanes of at least 4 members (excludes halogenated alkanes) is 2. The van der Waals surface area contributed by atoms with E-state index in [0.717, 1.165) is 45.4 Å². The standard InChI is InChI=1S/C17H36N2O/c1-7-9-13-19(16(20)15-17(3,4)5)14-11-10-12-18(6)8-2/h7-15H2,1-6H3. The Hall–Kier alpha value is -0.570. The van der Waals surface area contributed by atoms with Crippen LogP contribution in [0.5, 0.6) is 0 Å². The lowest BCUT2D eigenvalue weighted by atomic mass is 9.91. The quantitative estimate of drug-likeness (QED) is 0.570. The Morgan fingerprint density at radius 3 is 2.00 bits per heavy atom. The van der Waals surface area contributed by atoms with Gasteiger partial charge in [0.2, 0.25) is 5.91 Å². The molecule has 1 amide bonds. The topological polar surface area (TPSA) is 23.6 Å². The lowest BCUT2D eigenvalue weighted by molar-refractivity contribution is -0.133. The van der Waals surface area contributed by atoms with E-state index >= 15 is 0 Å². The normalized spacial score (nSPS) is 11.9. The van der Waals surface area contributed by atoms with Gasteiger partial charge in [-0.2, -0.15) is 0 Å². The van der Waals surface area contributed by atoms with Gasteiger partial charge in [-0.1, -0.05) is 41.0 Å². The molecule has 0 bridgehead atoms. The first-order valence-corrected chi connectivity index (χ1v) is 8.26. The van der Waals surface area contributed by atoms with Gasteiger partial charge in [-0.05, 0) is 44.8 Å². The summed E-state index contributed by atoms with van der Waals surface area (Å²) in [4.78, 5) is 16.8. The number of carbonyl (C=O) groups is 1. The van der Waals surface area contributed by atoms with Crippen LogP contribution < -0.4 is 0 Å². The summed E-state index contributed by atoms with van der Waals surface area (Å²) >= 11 is 0. The Bertz CT molecular complexity index is 258. The molecule has 0 radical (unpaired) electrons. The summed E-state index contributed by atoms with van der Waals surface area (Å²) in [5.74, 6) is 0.329. The molecule has 3 heteroatoms. The van der Waals surface area contributed by atoms with Crippen molar-refractivity contribution in [3.05, 3.63) is 0 Å². The molecule has 0 saturated heterocycles. The summed E-state index contributed by atoms with van der Waals surface area (Å²) in [6.07, 6.45) is 5.22. The van der Waals surface area contributed by atoms with Gasteiger partial charge in [0, 0.05) is 19.5 Å². The van der Waals surface area contributed by atoms with E-state index in [9.17, 15) is 4.79 Å². The molecular formula is C17H36N2O. The molecule has 0 aromatic rings. The molecule has 3 nitrogen and oxygen atoms in total. The lowest BCUT2D eigenvalue weighted by Gasteiger charge is -2.27. The molecule has 0 aliphatic rings. The van der Waals surface area contributed by atoms with Crippen molar-refractivity contribution in [2.24, 2.45) is 5.41 Å². The molecule has 120 valence electrons. The minimum atomic E-state index is 0.0873. The first-order chi connectivity index (χ1) is 9.30. The van der Waals surface area contributed by atoms with Gasteiger partial charge in [-0.3, -0.25) is 4.79 Å². The molecule has 0 aromatic heterocycles. The van der Waals surface area contributed by atoms with E-state index in [2.05, 4.69) is 51.5 Å². The van der Waals surface area contributed by atoms with Crippen molar-refractivity contribution >= 4 is 5.91 Å². The van der Waals surface area contributed by atoms with E-state index in [4.69, 9.17) is 0 Å². The summed E-state index contributed by atoms with van der Waals surface area (Å²) in [5.41, 5.74) is 0.0873. The highest BCUT2D eigenvalue weighted by atomic mass is 16.2. The number of hydrogen-bond donors (Lipinski definition) is 0. The third-order valence-electron chi connectivity index (χ3n) is 3.57. The van der Waals surface area contributed by atoms with Crippen LogP contribution in [0.4, 0.5) is 0 Å². The lowest BCUT2D eigenvalue weighted by Crippen LogP contribution is -2.35. The van der Waals surface area contributed by atoms with E-state index in [1.807, 2.05) is 0 Å². The van der Waals surface area contributed by atoms with Crippen molar-refractivity contribution in [2.75, 3.05) is 33.2 Å². The highest BCUT2D eigenvalue weighted by Gasteiger charge is 2.20. The van der Waals surface area contributed by atoms with Crippen molar-refractivity contribution in [1.82, 2.24) is 9.80 Å². The average Bonchev–Trinajstić information content (AvgIpc) is 2.35. The van der Waals surface area contributed by atoms with Gasteiger partial charge in [-0.15, -0.1) is 0 Å². The van der Waals surface area contributed by atoms with Crippen molar-refractivity contribution in [3.63, 3.8) is 0 Å². The van der Waals surface area contributed by atoms with Crippen molar-refractivity contribution in [3.8, 4) is 0 Å². The summed E-state index contributed by atoms with van der Waals surface area (Å²) < 4.78 is 0. The predicted molar refractivity (Wildman–Crippen MR) is 88.0 cm³/mol. The van der Waals surface area contributed by atoms with Crippen LogP contribution in [0.2, 0.25) is 0 Å². The maximum absolute atomic E-state index is 12.4. The molecule has 0 aromatic carbocycles. The van der Waals surface area contributed by atoms with Gasteiger partial charge in [0.15, 0.2) is 0 Å². The number of amides is 1. The maximum atomic E-state index is 12.4. The summed E-state index contributed by atoms with van der Waals surface area (Å²) in [7, 11) is 2.15. The highest BCUT2D eigenvalue weighted by molar-refractivity contribution is 5.76. The van der Waals surface area contributed by atoms with Crippen LogP contribution in [0, 0.1) is 5.41 Å². The van der Waals surface area contributed by atoms with Crippen LogP contribution in [0.25, 0.3) is 0 Å². The van der Waals surface area contributed by atoms with E-state index in [1.165, 1.54) is 6.42 Å². The van der Waals surface area contributed by atoms with Gasteiger partial charge in [0.05, 0.1) is 0 Å². The van der Waals surface area contributed by atoms with Gasteiger partial charge >= 0.3 is 0 Å². The van der Waals surface area contributed by atoms with Gasteiger partial charge in [-0.25, -0.2) is 0 Å². The van der Waals surface area contributed by atoms with Crippen LogP contribution in [0.3, 0.4) is 0 Å². The van der Waals surface area contributed by atoms with Crippen molar-refractivity contribution in [1.29, 1.82) is 0 Å². The first-order valence-electron chi connectivity index (χ1n) is 8.26. The summed E-state index contributed by atoms with van der Waals surface area (Å²) in [6, 6.07) is 0. The fraction of sp³-hybridized carbons (Fsp3) is 0.941. The van der Waals surface area contributed by atoms with Gasteiger partial charge in [0.1, 0.15) is 0 Å². The second kappa shape index (κ2) is 10.2. The minimum Gasteiger partial charge on any atom is -0.343 e. The molecule has 0 aliphatic heterocycles. The second-order valence-electron chi connectivity index (χ2n) is 7.07. The molecular weight excluding hydrogens is 248 g/mol. The fourth-order valence-electron chi connectivity index (χ4n) is 2.12. The van der Waals surface area contributed by atoms with Gasteiger partial charge in [0.25, 0.3) is 0 Å². The molecule has 0 fully saturated rings. The zero-order valence-corrected chi connectivity index (χ0v) is 14.7. The molecule has 0 unspecified atom stereocenters. The smallest absolute Gasteiger partial charge is 0.223 e. The van der Waals surface area contributed by atoms with Crippen LogP contribution in [-0.2, 0) is 4.79 Å². The second-order valence-corrected chi connectivity index (χ2v) is 7.07. The molecule has 0 spiro atoms. The fourth-order valence-corrected chi connectivity index (χ4v) is 2.12. The Morgan fingerprint density at radius 1 is 0.950 bits per heavy atom. The predicted octanol–water partition coefficient (Wildman–Crippen LogP) is 3.78. The Balaban J connectivity index is 4.17. The maximum Gasteiger partial charge on any atom is 0.223 e. The number of rotatable bonds is 10. The molecule has 0 atom stereocenters. The third kappa shape index (κ3) is 10.2. The molecule has 0 N–H and O–H groups in total. The summed E-state index contributed by atoms with van der Waals surface area (Å²) in [6.45, 7) is 14.9. The molecule has 0 heterocycles. The van der Waals surface area contributed by atoms with E-state index in [1.54, 1.807) is 0 Å². The van der Waals surface area contributed by atoms with E-state index < -0.39 is 0 Å². The zero-order valence-electron chi connectivity index (χ0n) is 14.7. The first kappa shape index (κ1) is 19.4. The van der Waals surface area contributed by atoms with Gasteiger partial charge < -0.3 is 9.80 Å². The SMILES string of the molecule is CCCCN(CCCCN(C)CC)C(=O)CC(C)(C)C. The molecule has 20 heavy (non-hydrogen) atoms. The van der Waals surface area contributed by atoms with E-state index in [-0.39, 0.29) is 5.41 Å². The monoisotopic (exact) mass is 284 g/mol. The Morgan fingerprint density at radius 2 is 1.50 bits per heavy atom. The molecule has 0 saturated carbocycles. The average molecular weight is 284 g/mol. The largest absolute Gasteiger partial charge is 0.343 e. The van der Waals surface area contributed by atoms with E-state index in [0.29, 0.717) is 12.3 Å². The van der Waals surface area contributed by atoms with Crippen LogP contribution in [0.15, 0.2) is 0 Å². The molecule has 0 aliphatic carbocycles. The van der Waals surface area contributed by atoms with Crippen LogP contribution in [0.1, 0.15) is 66.7 Å². The number of hydrogen-bond acceptors (Lipinski definition) is 2. The number of nitrogens with zero attached hydrogens (tertiary/aromatic N) is 2. The summed E-state index contributed by atoms with van der Waals surface area (Å²) in [5, 5.41) is 0. The van der Waals surface area contributed by atoms with Crippen molar-refractivity contribution < 1.29 is 4.79 Å². The highest BCUT2D eigenvalue weighted by Crippen LogP contribution is 2.20.